The Morgan fingerprint density at radius 2 is 1.77 bits per heavy atom. The van der Waals surface area contributed by atoms with Crippen LogP contribution < -0.4 is 0 Å². The van der Waals surface area contributed by atoms with Gasteiger partial charge in [0.05, 0.1) is 18.5 Å². The van der Waals surface area contributed by atoms with Gasteiger partial charge in [-0.25, -0.2) is 4.79 Å². The Hall–Kier alpha value is -4.25. The number of carbonyl (C=O) groups is 1. The number of ether oxygens (including phenoxy) is 1. The molecule has 9 nitrogen and oxygen atoms in total. The summed E-state index contributed by atoms with van der Waals surface area (Å²) >= 11 is 8.71. The number of phenols is 1. The van der Waals surface area contributed by atoms with Gasteiger partial charge < -0.3 is 19.5 Å². The molecule has 0 radical (unpaired) electrons. The second kappa shape index (κ2) is 14.1. The Morgan fingerprint density at radius 1 is 0.979 bits per heavy atom. The summed E-state index contributed by atoms with van der Waals surface area (Å²) in [6.45, 7) is 4.43. The molecule has 0 saturated heterocycles. The molecule has 3 aromatic heterocycles. The highest BCUT2D eigenvalue weighted by molar-refractivity contribution is 7.97. The van der Waals surface area contributed by atoms with Crippen LogP contribution in [0.25, 0.3) is 32.8 Å². The number of aryl methyl sites for hydroxylation is 6. The van der Waals surface area contributed by atoms with E-state index in [1.807, 2.05) is 84.3 Å². The van der Waals surface area contributed by atoms with E-state index in [4.69, 9.17) is 26.5 Å². The van der Waals surface area contributed by atoms with Crippen molar-refractivity contribution in [3.8, 4) is 16.9 Å². The zero-order valence-electron chi connectivity index (χ0n) is 27.9. The Morgan fingerprint density at radius 3 is 2.54 bits per heavy atom. The normalized spacial score (nSPS) is 11.6. The lowest BCUT2D eigenvalue weighted by molar-refractivity contribution is 0.0587. The predicted octanol–water partition coefficient (Wildman–Crippen LogP) is 7.29. The van der Waals surface area contributed by atoms with Crippen LogP contribution in [-0.2, 0) is 49.7 Å². The minimum Gasteiger partial charge on any atom is -0.507 e. The first-order chi connectivity index (χ1) is 23.1. The topological polar surface area (TPSA) is 107 Å². The van der Waals surface area contributed by atoms with Crippen molar-refractivity contribution in [3.63, 3.8) is 0 Å². The molecular weight excluding hydrogens is 646 g/mol. The third-order valence-electron chi connectivity index (χ3n) is 9.08. The molecule has 0 aliphatic rings. The number of thioether (sulfide) groups is 1. The lowest BCUT2D eigenvalue weighted by Crippen LogP contribution is -2.12. The molecule has 0 aliphatic heterocycles. The summed E-state index contributed by atoms with van der Waals surface area (Å²) in [5.41, 5.74) is 9.02. The van der Waals surface area contributed by atoms with Gasteiger partial charge in [0.15, 0.2) is 0 Å². The number of halogens is 1. The van der Waals surface area contributed by atoms with E-state index < -0.39 is 5.97 Å². The number of phenolic OH excluding ortho intramolecular Hbond substituents is 1. The maximum Gasteiger partial charge on any atom is 0.354 e. The Kier molecular flexibility index (Phi) is 9.87. The quantitative estimate of drug-likeness (QED) is 0.130. The van der Waals surface area contributed by atoms with E-state index >= 15 is 0 Å². The smallest absolute Gasteiger partial charge is 0.354 e. The van der Waals surface area contributed by atoms with Gasteiger partial charge in [0.1, 0.15) is 11.4 Å². The number of nitrogens with zero attached hydrogens (tertiary/aromatic N) is 5. The number of methoxy groups -OCH3 is 1. The summed E-state index contributed by atoms with van der Waals surface area (Å²) in [5.74, 6) is 1.23. The van der Waals surface area contributed by atoms with E-state index in [0.717, 1.165) is 79.5 Å². The average molecular weight is 686 g/mol. The van der Waals surface area contributed by atoms with E-state index in [0.29, 0.717) is 40.9 Å². The number of aliphatic hydroxyl groups excluding tert-OH is 1. The van der Waals surface area contributed by atoms with Crippen LogP contribution in [0.15, 0.2) is 54.6 Å². The third kappa shape index (κ3) is 6.32. The van der Waals surface area contributed by atoms with Gasteiger partial charge >= 0.3 is 5.97 Å². The predicted molar refractivity (Wildman–Crippen MR) is 193 cm³/mol. The van der Waals surface area contributed by atoms with Crippen LogP contribution >= 0.6 is 23.4 Å². The molecule has 6 rings (SSSR count). The first-order valence-corrected chi connectivity index (χ1v) is 17.5. The van der Waals surface area contributed by atoms with Crippen LogP contribution in [0.3, 0.4) is 0 Å². The van der Waals surface area contributed by atoms with Gasteiger partial charge in [-0.3, -0.25) is 9.36 Å². The van der Waals surface area contributed by atoms with Gasteiger partial charge in [-0.05, 0) is 73.9 Å². The summed E-state index contributed by atoms with van der Waals surface area (Å²) in [6.07, 6.45) is 2.11. The number of fused-ring (bicyclic) bond motifs is 2. The maximum atomic E-state index is 13.0. The van der Waals surface area contributed by atoms with E-state index in [1.54, 1.807) is 11.8 Å². The highest BCUT2D eigenvalue weighted by atomic mass is 35.5. The molecular formula is C37H40ClN5O4S. The fraction of sp³-hybridized carbons (Fsp3) is 0.324. The Labute approximate surface area is 289 Å². The lowest BCUT2D eigenvalue weighted by atomic mass is 9.97. The van der Waals surface area contributed by atoms with Gasteiger partial charge in [0.2, 0.25) is 0 Å². The molecule has 11 heteroatoms. The maximum absolute atomic E-state index is 13.0. The summed E-state index contributed by atoms with van der Waals surface area (Å²) < 4.78 is 10.9. The molecule has 6 aromatic rings. The summed E-state index contributed by atoms with van der Waals surface area (Å²) in [7, 11) is 5.29. The minimum atomic E-state index is -0.424. The molecule has 0 spiro atoms. The van der Waals surface area contributed by atoms with Crippen LogP contribution in [0, 0.1) is 13.8 Å². The van der Waals surface area contributed by atoms with Crippen molar-refractivity contribution in [1.29, 1.82) is 0 Å². The first kappa shape index (κ1) is 33.6. The number of esters is 1. The average Bonchev–Trinajstić information content (AvgIpc) is 3.67. The highest BCUT2D eigenvalue weighted by Gasteiger charge is 2.27. The molecule has 0 fully saturated rings. The molecule has 48 heavy (non-hydrogen) atoms. The molecule has 0 aliphatic carbocycles. The second-order valence-corrected chi connectivity index (χ2v) is 13.5. The molecule has 0 bridgehead atoms. The number of aromatic nitrogens is 5. The van der Waals surface area contributed by atoms with Crippen molar-refractivity contribution in [2.75, 3.05) is 13.7 Å². The highest BCUT2D eigenvalue weighted by Crippen LogP contribution is 2.43. The summed E-state index contributed by atoms with van der Waals surface area (Å²) in [6, 6.07) is 17.8. The molecule has 3 aromatic carbocycles. The van der Waals surface area contributed by atoms with Crippen LogP contribution in [0.1, 0.15) is 50.8 Å². The SMILES string of the molecule is COC(=O)c1c(C)c2c(-c3c(CSCc4cc(CCc5cc(O)c6ccccc6c5)n(C)n4)nn(C)c3C)c(Cl)ccc2n1CCCO. The molecule has 3 heterocycles. The van der Waals surface area contributed by atoms with Gasteiger partial charge in [-0.15, -0.1) is 11.8 Å². The molecule has 0 atom stereocenters. The number of carbonyl (C=O) groups excluding carboxylic acids is 1. The van der Waals surface area contributed by atoms with Gasteiger partial charge in [-0.1, -0.05) is 41.9 Å². The molecule has 0 unspecified atom stereocenters. The fourth-order valence-electron chi connectivity index (χ4n) is 6.68. The number of benzene rings is 3. The standard InChI is InChI=1S/C37H40ClN5O4S/c1-22-33-31(43(15-8-16-44)36(22)37(46)47-5)14-13-29(38)35(33)34-23(2)41(3)40-30(34)21-48-20-26-19-27(42(4)39-26)12-11-24-17-25-9-6-7-10-28(25)32(45)18-24/h6-7,9-10,13-14,17-19,44-45H,8,11-12,15-16,20-21H2,1-5H3. The van der Waals surface area contributed by atoms with E-state index in [9.17, 15) is 15.0 Å². The van der Waals surface area contributed by atoms with Crippen molar-refractivity contribution >= 4 is 51.0 Å². The van der Waals surface area contributed by atoms with Crippen molar-refractivity contribution in [2.45, 2.75) is 51.2 Å². The zero-order chi connectivity index (χ0) is 34.1. The summed E-state index contributed by atoms with van der Waals surface area (Å²) in [4.78, 5) is 13.0. The van der Waals surface area contributed by atoms with Crippen LogP contribution in [0.5, 0.6) is 5.75 Å². The van der Waals surface area contributed by atoms with Gasteiger partial charge in [-0.2, -0.15) is 10.2 Å². The fourth-order valence-corrected chi connectivity index (χ4v) is 7.78. The van der Waals surface area contributed by atoms with Gasteiger partial charge in [0.25, 0.3) is 0 Å². The van der Waals surface area contributed by atoms with E-state index in [-0.39, 0.29) is 6.61 Å². The summed E-state index contributed by atoms with van der Waals surface area (Å²) in [5, 5.41) is 33.1. The number of hydrogen-bond donors (Lipinski definition) is 2. The number of rotatable bonds is 12. The third-order valence-corrected chi connectivity index (χ3v) is 10.4. The minimum absolute atomic E-state index is 0.00956. The van der Waals surface area contributed by atoms with Crippen LogP contribution in [0.2, 0.25) is 5.02 Å². The molecule has 0 saturated carbocycles. The lowest BCUT2D eigenvalue weighted by Gasteiger charge is -2.11. The van der Waals surface area contributed by atoms with Crippen LogP contribution in [0.4, 0.5) is 0 Å². The van der Waals surface area contributed by atoms with Gasteiger partial charge in [0, 0.05) is 82.6 Å². The Bertz CT molecular complexity index is 2150. The van der Waals surface area contributed by atoms with Crippen molar-refractivity contribution < 1.29 is 19.7 Å². The number of aromatic hydroxyl groups is 1. The van der Waals surface area contributed by atoms with Crippen molar-refractivity contribution in [1.82, 2.24) is 24.1 Å². The monoisotopic (exact) mass is 685 g/mol. The molecule has 2 N–H and O–H groups in total. The van der Waals surface area contributed by atoms with E-state index in [2.05, 4.69) is 12.1 Å². The first-order valence-electron chi connectivity index (χ1n) is 16.0. The Balaban J connectivity index is 1.24. The second-order valence-electron chi connectivity index (χ2n) is 12.1. The molecule has 250 valence electrons. The largest absolute Gasteiger partial charge is 0.507 e. The van der Waals surface area contributed by atoms with Crippen LogP contribution in [-0.4, -0.2) is 54.0 Å². The number of aliphatic hydroxyl groups is 1. The molecule has 0 amide bonds. The van der Waals surface area contributed by atoms with E-state index in [1.165, 1.54) is 7.11 Å². The van der Waals surface area contributed by atoms with Crippen molar-refractivity contribution in [2.24, 2.45) is 14.1 Å². The zero-order valence-corrected chi connectivity index (χ0v) is 29.5. The number of hydrogen-bond acceptors (Lipinski definition) is 7. The van der Waals surface area contributed by atoms with Crippen molar-refractivity contribution in [3.05, 3.63) is 99.2 Å².